The Morgan fingerprint density at radius 2 is 2.15 bits per heavy atom. The van der Waals surface area contributed by atoms with Gasteiger partial charge in [0.2, 0.25) is 6.08 Å². The molecule has 0 aliphatic carbocycles. The van der Waals surface area contributed by atoms with Crippen molar-refractivity contribution in [3.63, 3.8) is 0 Å². The summed E-state index contributed by atoms with van der Waals surface area (Å²) >= 11 is 0. The Morgan fingerprint density at radius 1 is 1.46 bits per heavy atom. The van der Waals surface area contributed by atoms with Gasteiger partial charge in [0.25, 0.3) is 0 Å². The van der Waals surface area contributed by atoms with Gasteiger partial charge in [-0.05, 0) is 19.1 Å². The Bertz CT molecular complexity index is 291. The Kier molecular flexibility index (Phi) is 3.74. The molecule has 0 aliphatic rings. The van der Waals surface area contributed by atoms with Crippen molar-refractivity contribution in [1.29, 1.82) is 0 Å². The molecule has 68 valence electrons. The smallest absolute Gasteiger partial charge is 0.235 e. The number of hydrogen-bond acceptors (Lipinski definition) is 3. The maximum atomic E-state index is 9.81. The van der Waals surface area contributed by atoms with Gasteiger partial charge in [0.1, 0.15) is 11.9 Å². The van der Waals surface area contributed by atoms with Crippen molar-refractivity contribution in [3.8, 4) is 5.75 Å². The molecule has 0 aliphatic heterocycles. The molecule has 1 aromatic carbocycles. The highest BCUT2D eigenvalue weighted by Crippen LogP contribution is 2.10. The van der Waals surface area contributed by atoms with Gasteiger partial charge in [0.05, 0.1) is 6.54 Å². The van der Waals surface area contributed by atoms with Crippen LogP contribution in [0.1, 0.15) is 6.92 Å². The third-order valence-electron chi connectivity index (χ3n) is 1.49. The average molecular weight is 177 g/mol. The van der Waals surface area contributed by atoms with Gasteiger partial charge in [-0.25, -0.2) is 9.79 Å². The van der Waals surface area contributed by atoms with Gasteiger partial charge in [-0.1, -0.05) is 18.2 Å². The van der Waals surface area contributed by atoms with Crippen LogP contribution in [-0.4, -0.2) is 18.7 Å². The second-order valence-corrected chi connectivity index (χ2v) is 2.67. The molecule has 0 bridgehead atoms. The van der Waals surface area contributed by atoms with Gasteiger partial charge in [0, 0.05) is 0 Å². The molecular weight excluding hydrogens is 166 g/mol. The minimum absolute atomic E-state index is 0.0937. The van der Waals surface area contributed by atoms with Gasteiger partial charge >= 0.3 is 0 Å². The molecular formula is C10H11NO2. The number of nitrogens with zero attached hydrogens (tertiary/aromatic N) is 1. The summed E-state index contributed by atoms with van der Waals surface area (Å²) in [4.78, 5) is 13.3. The second kappa shape index (κ2) is 5.12. The summed E-state index contributed by atoms with van der Waals surface area (Å²) in [6.07, 6.45) is 1.39. The number of carbonyl (C=O) groups excluding carboxylic acids is 1. The number of aliphatic imine (C=N–C) groups is 1. The standard InChI is InChI=1S/C10H11NO2/c1-9(7-11-8-12)13-10-5-3-2-4-6-10/h2-6,9H,7H2,1H3. The van der Waals surface area contributed by atoms with Crippen LogP contribution in [0.15, 0.2) is 35.3 Å². The van der Waals surface area contributed by atoms with Crippen LogP contribution in [0.2, 0.25) is 0 Å². The SMILES string of the molecule is CC(CN=C=O)Oc1ccccc1. The largest absolute Gasteiger partial charge is 0.489 e. The molecule has 0 saturated heterocycles. The van der Waals surface area contributed by atoms with Crippen molar-refractivity contribution in [2.24, 2.45) is 4.99 Å². The molecule has 1 aromatic rings. The van der Waals surface area contributed by atoms with Gasteiger partial charge in [0.15, 0.2) is 0 Å². The van der Waals surface area contributed by atoms with Crippen LogP contribution < -0.4 is 4.74 Å². The molecule has 0 saturated carbocycles. The van der Waals surface area contributed by atoms with Crippen molar-refractivity contribution >= 4 is 6.08 Å². The van der Waals surface area contributed by atoms with E-state index in [1.54, 1.807) is 0 Å². The zero-order valence-corrected chi connectivity index (χ0v) is 7.43. The highest BCUT2D eigenvalue weighted by molar-refractivity contribution is 5.32. The van der Waals surface area contributed by atoms with Crippen molar-refractivity contribution in [3.05, 3.63) is 30.3 Å². The summed E-state index contributed by atoms with van der Waals surface area (Å²) in [5.74, 6) is 0.788. The van der Waals surface area contributed by atoms with Gasteiger partial charge in [-0.15, -0.1) is 0 Å². The Labute approximate surface area is 77.1 Å². The van der Waals surface area contributed by atoms with E-state index < -0.39 is 0 Å². The number of para-hydroxylation sites is 1. The Hall–Kier alpha value is -1.60. The number of hydrogen-bond donors (Lipinski definition) is 0. The lowest BCUT2D eigenvalue weighted by molar-refractivity contribution is 0.230. The maximum Gasteiger partial charge on any atom is 0.235 e. The number of benzene rings is 1. The highest BCUT2D eigenvalue weighted by Gasteiger charge is 2.01. The zero-order valence-electron chi connectivity index (χ0n) is 7.43. The number of isocyanates is 1. The van der Waals surface area contributed by atoms with Crippen LogP contribution in [0.5, 0.6) is 5.75 Å². The van der Waals surface area contributed by atoms with E-state index in [0.29, 0.717) is 6.54 Å². The van der Waals surface area contributed by atoms with Gasteiger partial charge in [-0.2, -0.15) is 0 Å². The van der Waals surface area contributed by atoms with Crippen LogP contribution in [0, 0.1) is 0 Å². The third-order valence-corrected chi connectivity index (χ3v) is 1.49. The van der Waals surface area contributed by atoms with Crippen LogP contribution in [0.25, 0.3) is 0 Å². The van der Waals surface area contributed by atoms with E-state index in [1.165, 1.54) is 6.08 Å². The fourth-order valence-electron chi connectivity index (χ4n) is 0.934. The molecule has 3 heteroatoms. The normalized spacial score (nSPS) is 11.5. The lowest BCUT2D eigenvalue weighted by Gasteiger charge is -2.10. The molecule has 0 aromatic heterocycles. The summed E-state index contributed by atoms with van der Waals surface area (Å²) in [7, 11) is 0. The summed E-state index contributed by atoms with van der Waals surface area (Å²) in [6.45, 7) is 2.20. The van der Waals surface area contributed by atoms with Crippen LogP contribution in [0.4, 0.5) is 0 Å². The molecule has 1 rings (SSSR count). The fraction of sp³-hybridized carbons (Fsp3) is 0.300. The van der Waals surface area contributed by atoms with Crippen molar-refractivity contribution in [1.82, 2.24) is 0 Å². The molecule has 13 heavy (non-hydrogen) atoms. The van der Waals surface area contributed by atoms with Crippen LogP contribution >= 0.6 is 0 Å². The Morgan fingerprint density at radius 3 is 2.77 bits per heavy atom. The van der Waals surface area contributed by atoms with Gasteiger partial charge < -0.3 is 4.74 Å². The first kappa shape index (κ1) is 9.49. The van der Waals surface area contributed by atoms with E-state index in [0.717, 1.165) is 5.75 Å². The first-order chi connectivity index (χ1) is 6.33. The molecule has 0 radical (unpaired) electrons. The average Bonchev–Trinajstić information content (AvgIpc) is 2.16. The number of rotatable bonds is 4. The van der Waals surface area contributed by atoms with E-state index in [-0.39, 0.29) is 6.10 Å². The Balaban J connectivity index is 2.45. The van der Waals surface area contributed by atoms with Crippen molar-refractivity contribution in [2.75, 3.05) is 6.54 Å². The molecule has 0 fully saturated rings. The minimum Gasteiger partial charge on any atom is -0.489 e. The first-order valence-electron chi connectivity index (χ1n) is 4.08. The van der Waals surface area contributed by atoms with E-state index >= 15 is 0 Å². The van der Waals surface area contributed by atoms with Crippen molar-refractivity contribution < 1.29 is 9.53 Å². The summed E-state index contributed by atoms with van der Waals surface area (Å²) in [6, 6.07) is 9.43. The lowest BCUT2D eigenvalue weighted by atomic mass is 10.3. The van der Waals surface area contributed by atoms with E-state index in [2.05, 4.69) is 4.99 Å². The predicted molar refractivity (Wildman–Crippen MR) is 49.5 cm³/mol. The molecule has 0 N–H and O–H groups in total. The third kappa shape index (κ3) is 3.54. The fourth-order valence-corrected chi connectivity index (χ4v) is 0.934. The molecule has 0 amide bonds. The molecule has 3 nitrogen and oxygen atoms in total. The minimum atomic E-state index is -0.0937. The summed E-state index contributed by atoms with van der Waals surface area (Å²) in [5.41, 5.74) is 0. The molecule has 1 atom stereocenters. The lowest BCUT2D eigenvalue weighted by Crippen LogP contribution is -2.15. The van der Waals surface area contributed by atoms with Crippen molar-refractivity contribution in [2.45, 2.75) is 13.0 Å². The summed E-state index contributed by atoms with van der Waals surface area (Å²) < 4.78 is 5.44. The number of ether oxygens (including phenoxy) is 1. The van der Waals surface area contributed by atoms with E-state index in [9.17, 15) is 4.79 Å². The monoisotopic (exact) mass is 177 g/mol. The van der Waals surface area contributed by atoms with Crippen LogP contribution in [0.3, 0.4) is 0 Å². The first-order valence-corrected chi connectivity index (χ1v) is 4.08. The second-order valence-electron chi connectivity index (χ2n) is 2.67. The molecule has 0 spiro atoms. The van der Waals surface area contributed by atoms with Crippen LogP contribution in [-0.2, 0) is 4.79 Å². The highest BCUT2D eigenvalue weighted by atomic mass is 16.5. The quantitative estimate of drug-likeness (QED) is 0.519. The topological polar surface area (TPSA) is 38.7 Å². The van der Waals surface area contributed by atoms with E-state index in [4.69, 9.17) is 4.74 Å². The van der Waals surface area contributed by atoms with E-state index in [1.807, 2.05) is 37.3 Å². The zero-order chi connectivity index (χ0) is 9.52. The maximum absolute atomic E-state index is 9.81. The van der Waals surface area contributed by atoms with Gasteiger partial charge in [-0.3, -0.25) is 0 Å². The summed E-state index contributed by atoms with van der Waals surface area (Å²) in [5, 5.41) is 0. The molecule has 0 heterocycles. The predicted octanol–water partition coefficient (Wildman–Crippen LogP) is 1.79. The molecule has 1 unspecified atom stereocenters.